The zero-order valence-electron chi connectivity index (χ0n) is 26.0. The lowest BCUT2D eigenvalue weighted by Crippen LogP contribution is -2.12. The molecule has 0 aliphatic heterocycles. The average molecular weight is 613 g/mol. The molecule has 0 saturated carbocycles. The Kier molecular flexibility index (Phi) is 5.87. The predicted molar refractivity (Wildman–Crippen MR) is 199 cm³/mol. The normalized spacial score (nSPS) is 11.8. The van der Waals surface area contributed by atoms with Crippen molar-refractivity contribution in [3.63, 3.8) is 0 Å². The van der Waals surface area contributed by atoms with Gasteiger partial charge < -0.3 is 4.42 Å². The SMILES string of the molecule is c1ccc(-c2ccc(-c3ccc(N(c4cc5oc6ccccc6c5cn4)c4ccc5c6c(cccc46)-c4ccccc4-5)cc3)cc2)cc1. The van der Waals surface area contributed by atoms with E-state index in [2.05, 4.69) is 150 Å². The molecule has 0 unspecified atom stereocenters. The summed E-state index contributed by atoms with van der Waals surface area (Å²) in [7, 11) is 0. The lowest BCUT2D eigenvalue weighted by Gasteiger charge is -2.26. The topological polar surface area (TPSA) is 29.3 Å². The summed E-state index contributed by atoms with van der Waals surface area (Å²) in [4.78, 5) is 7.34. The van der Waals surface area contributed by atoms with Crippen LogP contribution < -0.4 is 4.90 Å². The van der Waals surface area contributed by atoms with Crippen molar-refractivity contribution < 1.29 is 4.42 Å². The Labute approximate surface area is 278 Å². The van der Waals surface area contributed by atoms with E-state index in [1.54, 1.807) is 0 Å². The molecule has 10 rings (SSSR count). The average Bonchev–Trinajstić information content (AvgIpc) is 3.70. The third kappa shape index (κ3) is 4.11. The molecule has 2 aromatic heterocycles. The van der Waals surface area contributed by atoms with Crippen LogP contribution in [0.15, 0.2) is 174 Å². The van der Waals surface area contributed by atoms with E-state index in [1.165, 1.54) is 49.7 Å². The van der Waals surface area contributed by atoms with E-state index in [0.29, 0.717) is 0 Å². The van der Waals surface area contributed by atoms with Gasteiger partial charge in [0.25, 0.3) is 0 Å². The number of pyridine rings is 1. The predicted octanol–water partition coefficient (Wildman–Crippen LogP) is 12.6. The smallest absolute Gasteiger partial charge is 0.141 e. The number of anilines is 3. The van der Waals surface area contributed by atoms with Gasteiger partial charge in [0, 0.05) is 34.1 Å². The molecule has 0 saturated heterocycles. The monoisotopic (exact) mass is 612 g/mol. The van der Waals surface area contributed by atoms with Crippen LogP contribution in [0.5, 0.6) is 0 Å². The molecule has 224 valence electrons. The summed E-state index contributed by atoms with van der Waals surface area (Å²) >= 11 is 0. The van der Waals surface area contributed by atoms with Crippen LogP contribution in [0.1, 0.15) is 0 Å². The van der Waals surface area contributed by atoms with Gasteiger partial charge in [-0.2, -0.15) is 0 Å². The zero-order valence-corrected chi connectivity index (χ0v) is 26.0. The van der Waals surface area contributed by atoms with Crippen molar-refractivity contribution in [3.8, 4) is 44.5 Å². The van der Waals surface area contributed by atoms with Gasteiger partial charge in [-0.1, -0.05) is 133 Å². The molecule has 9 aromatic rings. The second kappa shape index (κ2) is 10.5. The molecular formula is C45H28N2O. The second-order valence-electron chi connectivity index (χ2n) is 12.4. The third-order valence-corrected chi connectivity index (χ3v) is 9.69. The van der Waals surface area contributed by atoms with Crippen molar-refractivity contribution in [2.24, 2.45) is 0 Å². The molecule has 1 aliphatic carbocycles. The molecule has 0 atom stereocenters. The minimum Gasteiger partial charge on any atom is -0.456 e. The van der Waals surface area contributed by atoms with E-state index < -0.39 is 0 Å². The fourth-order valence-electron chi connectivity index (χ4n) is 7.40. The summed E-state index contributed by atoms with van der Waals surface area (Å²) in [5.74, 6) is 0.803. The van der Waals surface area contributed by atoms with Gasteiger partial charge in [0.1, 0.15) is 17.0 Å². The molecular weight excluding hydrogens is 585 g/mol. The highest BCUT2D eigenvalue weighted by atomic mass is 16.3. The van der Waals surface area contributed by atoms with E-state index in [1.807, 2.05) is 24.4 Å². The first-order valence-corrected chi connectivity index (χ1v) is 16.3. The van der Waals surface area contributed by atoms with E-state index in [-0.39, 0.29) is 0 Å². The van der Waals surface area contributed by atoms with Gasteiger partial charge in [-0.3, -0.25) is 4.90 Å². The third-order valence-electron chi connectivity index (χ3n) is 9.69. The summed E-state index contributed by atoms with van der Waals surface area (Å²) in [6.45, 7) is 0. The van der Waals surface area contributed by atoms with Gasteiger partial charge in [-0.05, 0) is 74.2 Å². The number of aromatic nitrogens is 1. The van der Waals surface area contributed by atoms with Gasteiger partial charge in [-0.25, -0.2) is 4.98 Å². The van der Waals surface area contributed by atoms with Crippen molar-refractivity contribution >= 4 is 49.9 Å². The molecule has 0 bridgehead atoms. The Hall–Kier alpha value is -6.45. The molecule has 3 heteroatoms. The van der Waals surface area contributed by atoms with Gasteiger partial charge >= 0.3 is 0 Å². The zero-order chi connectivity index (χ0) is 31.6. The first-order chi connectivity index (χ1) is 23.8. The van der Waals surface area contributed by atoms with Crippen LogP contribution >= 0.6 is 0 Å². The van der Waals surface area contributed by atoms with Crippen molar-refractivity contribution in [1.29, 1.82) is 0 Å². The Bertz CT molecular complexity index is 2620. The minimum absolute atomic E-state index is 0.803. The Morgan fingerprint density at radius 3 is 1.75 bits per heavy atom. The Balaban J connectivity index is 1.12. The highest BCUT2D eigenvalue weighted by Crippen LogP contribution is 2.51. The highest BCUT2D eigenvalue weighted by Gasteiger charge is 2.25. The maximum atomic E-state index is 6.34. The molecule has 1 aliphatic rings. The van der Waals surface area contributed by atoms with E-state index >= 15 is 0 Å². The summed E-state index contributed by atoms with van der Waals surface area (Å²) in [5.41, 5.74) is 13.7. The number of fused-ring (bicyclic) bond motifs is 6. The summed E-state index contributed by atoms with van der Waals surface area (Å²) in [6.07, 6.45) is 1.95. The molecule has 0 N–H and O–H groups in total. The fraction of sp³-hybridized carbons (Fsp3) is 0. The number of hydrogen-bond donors (Lipinski definition) is 0. The minimum atomic E-state index is 0.803. The van der Waals surface area contributed by atoms with Crippen LogP contribution in [0.4, 0.5) is 17.2 Å². The van der Waals surface area contributed by atoms with Gasteiger partial charge in [0.05, 0.1) is 5.69 Å². The Morgan fingerprint density at radius 2 is 1.00 bits per heavy atom. The molecule has 0 fully saturated rings. The molecule has 7 aromatic carbocycles. The first kappa shape index (κ1) is 26.7. The van der Waals surface area contributed by atoms with E-state index in [4.69, 9.17) is 9.40 Å². The van der Waals surface area contributed by atoms with Gasteiger partial charge in [0.15, 0.2) is 0 Å². The van der Waals surface area contributed by atoms with Crippen molar-refractivity contribution in [2.75, 3.05) is 4.90 Å². The standard InChI is InChI=1S/C45H28N2O/c1-2-9-29(10-3-1)30-17-19-31(20-18-30)32-21-23-33(24-22-32)47(44-27-43-40(28-46-44)36-13-6-7-16-42(36)48-43)41-26-25-38-35-12-5-4-11-34(35)37-14-8-15-39(41)45(37)38/h1-28H. The van der Waals surface area contributed by atoms with Crippen molar-refractivity contribution in [1.82, 2.24) is 4.98 Å². The summed E-state index contributed by atoms with van der Waals surface area (Å²) < 4.78 is 6.34. The summed E-state index contributed by atoms with van der Waals surface area (Å²) in [6, 6.07) is 58.2. The molecule has 0 amide bonds. The number of rotatable bonds is 5. The van der Waals surface area contributed by atoms with Crippen LogP contribution in [-0.4, -0.2) is 4.98 Å². The maximum Gasteiger partial charge on any atom is 0.141 e. The maximum absolute atomic E-state index is 6.34. The molecule has 3 nitrogen and oxygen atoms in total. The number of benzene rings is 7. The van der Waals surface area contributed by atoms with E-state index in [9.17, 15) is 0 Å². The second-order valence-corrected chi connectivity index (χ2v) is 12.4. The first-order valence-electron chi connectivity index (χ1n) is 16.3. The van der Waals surface area contributed by atoms with Crippen molar-refractivity contribution in [2.45, 2.75) is 0 Å². The van der Waals surface area contributed by atoms with E-state index in [0.717, 1.165) is 44.7 Å². The Morgan fingerprint density at radius 1 is 0.417 bits per heavy atom. The fourth-order valence-corrected chi connectivity index (χ4v) is 7.40. The van der Waals surface area contributed by atoms with Crippen LogP contribution in [0.25, 0.3) is 77.2 Å². The lowest BCUT2D eigenvalue weighted by molar-refractivity contribution is 0.668. The van der Waals surface area contributed by atoms with Crippen LogP contribution in [0.3, 0.4) is 0 Å². The van der Waals surface area contributed by atoms with Crippen LogP contribution in [0, 0.1) is 0 Å². The molecule has 0 radical (unpaired) electrons. The highest BCUT2D eigenvalue weighted by molar-refractivity contribution is 6.19. The molecule has 2 heterocycles. The number of nitrogens with zero attached hydrogens (tertiary/aromatic N) is 2. The van der Waals surface area contributed by atoms with Crippen molar-refractivity contribution in [3.05, 3.63) is 170 Å². The molecule has 48 heavy (non-hydrogen) atoms. The quantitative estimate of drug-likeness (QED) is 0.194. The summed E-state index contributed by atoms with van der Waals surface area (Å²) in [5, 5.41) is 4.55. The number of hydrogen-bond acceptors (Lipinski definition) is 3. The van der Waals surface area contributed by atoms with Crippen LogP contribution in [0.2, 0.25) is 0 Å². The van der Waals surface area contributed by atoms with Gasteiger partial charge in [0.2, 0.25) is 0 Å². The number of furan rings is 1. The number of para-hydroxylation sites is 1. The van der Waals surface area contributed by atoms with Gasteiger partial charge in [-0.15, -0.1) is 0 Å². The lowest BCUT2D eigenvalue weighted by atomic mass is 9.99. The van der Waals surface area contributed by atoms with Crippen LogP contribution in [-0.2, 0) is 0 Å². The molecule has 0 spiro atoms. The largest absolute Gasteiger partial charge is 0.456 e.